The number of amides is 1. The molecule has 2 aliphatic carbocycles. The molecule has 3 aliphatic rings. The van der Waals surface area contributed by atoms with Crippen molar-refractivity contribution in [1.82, 2.24) is 4.90 Å². The molecule has 1 fully saturated rings. The number of aliphatic hydroxyl groups excluding tert-OH is 3. The highest BCUT2D eigenvalue weighted by molar-refractivity contribution is 6.03. The second kappa shape index (κ2) is 25.6. The third kappa shape index (κ3) is 12.7. The second-order valence-corrected chi connectivity index (χ2v) is 18.6. The predicted octanol–water partition coefficient (Wildman–Crippen LogP) is 10.3. The highest BCUT2D eigenvalue weighted by Gasteiger charge is 2.65. The number of oxime groups is 1. The number of aliphatic hydroxyl groups is 3. The first kappa shape index (κ1) is 53.8. The molecule has 1 saturated carbocycles. The lowest BCUT2D eigenvalue weighted by Crippen LogP contribution is -2.70. The summed E-state index contributed by atoms with van der Waals surface area (Å²) in [5.74, 6) is -1.35. The summed E-state index contributed by atoms with van der Waals surface area (Å²) in [5.41, 5.74) is 4.49. The van der Waals surface area contributed by atoms with Gasteiger partial charge in [-0.05, 0) is 114 Å². The quantitative estimate of drug-likeness (QED) is 0.0202. The molecule has 0 saturated heterocycles. The van der Waals surface area contributed by atoms with E-state index in [0.717, 1.165) is 22.3 Å². The van der Waals surface area contributed by atoms with E-state index in [1.54, 1.807) is 18.2 Å². The zero-order valence-corrected chi connectivity index (χ0v) is 41.5. The average molecular weight is 1030 g/mol. The van der Waals surface area contributed by atoms with Crippen LogP contribution in [0.2, 0.25) is 0 Å². The van der Waals surface area contributed by atoms with Gasteiger partial charge in [-0.2, -0.15) is 0 Å². The van der Waals surface area contributed by atoms with Crippen molar-refractivity contribution in [2.45, 2.75) is 69.3 Å². The minimum atomic E-state index is -1.69. The van der Waals surface area contributed by atoms with Gasteiger partial charge in [0.15, 0.2) is 0 Å². The van der Waals surface area contributed by atoms with Crippen molar-refractivity contribution in [2.75, 3.05) is 46.2 Å². The van der Waals surface area contributed by atoms with Crippen molar-refractivity contribution in [1.29, 1.82) is 0 Å². The first-order chi connectivity index (χ1) is 36.6. The van der Waals surface area contributed by atoms with Gasteiger partial charge in [0.25, 0.3) is 11.4 Å². The van der Waals surface area contributed by atoms with Gasteiger partial charge >= 0.3 is 6.09 Å². The molecule has 1 heterocycles. The lowest BCUT2D eigenvalue weighted by atomic mass is 9.55. The first-order valence-electron chi connectivity index (χ1n) is 25.3. The Labute approximate surface area is 434 Å². The second-order valence-electron chi connectivity index (χ2n) is 18.6. The molecule has 8 rings (SSSR count). The summed E-state index contributed by atoms with van der Waals surface area (Å²) in [6, 6.07) is 33.6. The number of allylic oxidation sites excluding steroid dienone is 1. The number of ether oxygens (including phenoxy) is 5. The minimum Gasteiger partial charge on any atom is -0.459 e. The van der Waals surface area contributed by atoms with Crippen molar-refractivity contribution < 1.29 is 58.5 Å². The van der Waals surface area contributed by atoms with Gasteiger partial charge < -0.3 is 43.8 Å². The molecule has 18 heteroatoms. The molecule has 0 bridgehead atoms. The van der Waals surface area contributed by atoms with Crippen molar-refractivity contribution in [3.63, 3.8) is 0 Å². The summed E-state index contributed by atoms with van der Waals surface area (Å²) in [6.45, 7) is 3.51. The normalized spacial score (nSPS) is 20.9. The van der Waals surface area contributed by atoms with Gasteiger partial charge in [0.05, 0.1) is 47.9 Å². The number of nitrogens with zero attached hydrogens (tertiary/aromatic N) is 4. The van der Waals surface area contributed by atoms with Crippen LogP contribution >= 0.6 is 0 Å². The Hall–Kier alpha value is -7.48. The monoisotopic (exact) mass is 1030 g/mol. The van der Waals surface area contributed by atoms with Gasteiger partial charge in [-0.1, -0.05) is 72.6 Å². The number of unbranched alkanes of at least 4 members (excludes halogenated alkanes) is 2. The van der Waals surface area contributed by atoms with Gasteiger partial charge in [-0.25, -0.2) is 4.79 Å². The van der Waals surface area contributed by atoms with Crippen LogP contribution in [0.3, 0.4) is 0 Å². The molecule has 0 aromatic heterocycles. The van der Waals surface area contributed by atoms with Crippen LogP contribution in [0.4, 0.5) is 16.2 Å². The number of carbonyl (C=O) groups is 1. The van der Waals surface area contributed by atoms with Crippen LogP contribution in [0.5, 0.6) is 23.0 Å². The largest absolute Gasteiger partial charge is 0.459 e. The van der Waals surface area contributed by atoms with Crippen molar-refractivity contribution in [3.05, 3.63) is 177 Å². The molecular formula is C57H62N4O14. The molecule has 1 amide bonds. The Morgan fingerprint density at radius 2 is 1.44 bits per heavy atom. The van der Waals surface area contributed by atoms with E-state index in [0.29, 0.717) is 67.0 Å². The molecule has 0 spiro atoms. The molecule has 394 valence electrons. The Balaban J connectivity index is 1.29. The predicted molar refractivity (Wildman–Crippen MR) is 279 cm³/mol. The van der Waals surface area contributed by atoms with Crippen LogP contribution in [-0.4, -0.2) is 99.9 Å². The van der Waals surface area contributed by atoms with E-state index in [-0.39, 0.29) is 88.2 Å². The number of rotatable bonds is 26. The zero-order chi connectivity index (χ0) is 52.7. The summed E-state index contributed by atoms with van der Waals surface area (Å²) >= 11 is 0. The summed E-state index contributed by atoms with van der Waals surface area (Å²) in [4.78, 5) is 44.5. The molecule has 5 aromatic rings. The highest BCUT2D eigenvalue weighted by Crippen LogP contribution is 2.62. The lowest BCUT2D eigenvalue weighted by molar-refractivity contribution is -0.385. The van der Waals surface area contributed by atoms with E-state index >= 15 is 0 Å². The maximum atomic E-state index is 15.0. The number of fused-ring (bicyclic) bond motifs is 2. The van der Waals surface area contributed by atoms with Gasteiger partial charge in [0.1, 0.15) is 35.6 Å². The fourth-order valence-corrected chi connectivity index (χ4v) is 10.6. The smallest absolute Gasteiger partial charge is 0.415 e. The van der Waals surface area contributed by atoms with E-state index in [2.05, 4.69) is 12.7 Å². The van der Waals surface area contributed by atoms with E-state index in [9.17, 15) is 40.3 Å². The molecule has 1 aliphatic heterocycles. The molecule has 3 N–H and O–H groups in total. The molecule has 75 heavy (non-hydrogen) atoms. The number of non-ortho nitro benzene ring substituents is 2. The molecule has 0 radical (unpaired) electrons. The fraction of sp³-hybridized carbons (Fsp3) is 0.368. The van der Waals surface area contributed by atoms with Crippen molar-refractivity contribution in [3.8, 4) is 34.1 Å². The van der Waals surface area contributed by atoms with Crippen LogP contribution in [0.1, 0.15) is 62.0 Å². The van der Waals surface area contributed by atoms with Gasteiger partial charge in [0.2, 0.25) is 5.79 Å². The van der Waals surface area contributed by atoms with Crippen LogP contribution < -0.4 is 14.2 Å². The number of nitro benzene ring substituents is 2. The first-order valence-corrected chi connectivity index (χ1v) is 25.3. The minimum absolute atomic E-state index is 0.000616. The van der Waals surface area contributed by atoms with E-state index < -0.39 is 39.6 Å². The number of benzene rings is 5. The number of carbonyl (C=O) groups excluding carboxylic acids is 1. The Bertz CT molecular complexity index is 2790. The standard InChI is InChI=1S/C57H62N4O14/c1-2-32-71-57-53(59(28-33-70-34-31-64)56(65)74-46-24-20-44(21-25-46)61(68)69)37-51(58-72-38-39-14-18-43(19-15-39)60(66)67)49-35-42(12-6-8-29-62)48(13-7-9-30-63)54(55(49)57)50-36-47(26-27-52(50)75-57)73-45-22-16-41(17-23-45)40-10-4-3-5-11-40/h2-5,10-11,14-27,35-36,42,48,53-55,62-64H,1,6-9,12-13,28-34,37-38H2/t42-,48+,53-,54+,55+,57+/m0/s1. The number of nitro groups is 2. The maximum Gasteiger partial charge on any atom is 0.415 e. The van der Waals surface area contributed by atoms with E-state index in [4.69, 9.17) is 33.7 Å². The topological polar surface area (TPSA) is 235 Å². The van der Waals surface area contributed by atoms with Crippen LogP contribution in [-0.2, 0) is 20.9 Å². The Morgan fingerprint density at radius 3 is 2.11 bits per heavy atom. The van der Waals surface area contributed by atoms with Crippen LogP contribution in [0.25, 0.3) is 11.1 Å². The molecule has 18 nitrogen and oxygen atoms in total. The Morgan fingerprint density at radius 1 is 0.787 bits per heavy atom. The number of hydrogen-bond donors (Lipinski definition) is 3. The Kier molecular flexibility index (Phi) is 18.4. The molecule has 6 atom stereocenters. The summed E-state index contributed by atoms with van der Waals surface area (Å²) in [7, 11) is 0. The lowest BCUT2D eigenvalue weighted by Gasteiger charge is -2.59. The highest BCUT2D eigenvalue weighted by atomic mass is 16.7. The van der Waals surface area contributed by atoms with E-state index in [1.807, 2.05) is 72.8 Å². The average Bonchev–Trinajstić information content (AvgIpc) is 3.46. The van der Waals surface area contributed by atoms with Crippen molar-refractivity contribution >= 4 is 23.2 Å². The molecule has 5 aromatic carbocycles. The summed E-state index contributed by atoms with van der Waals surface area (Å²) in [6.07, 6.45) is 6.83. The summed E-state index contributed by atoms with van der Waals surface area (Å²) in [5, 5.41) is 57.7. The van der Waals surface area contributed by atoms with E-state index in [1.165, 1.54) is 41.3 Å². The van der Waals surface area contributed by atoms with Crippen LogP contribution in [0, 0.1) is 38.0 Å². The maximum absolute atomic E-state index is 15.0. The van der Waals surface area contributed by atoms with Gasteiger partial charge in [0, 0.05) is 61.9 Å². The SMILES string of the molecule is C=CCO[C@@]12Oc3ccc(Oc4ccc(-c5ccccc5)cc4)cc3[C@H]3[C@H](CCCCO)[C@@H](CCCCO)C=C(C(=NOCc4ccc([N+](=O)[O-])cc4)C[C@@H]1N(CCOCCO)C(=O)Oc1ccc([N+](=O)[O-])cc1)[C@H]32. The zero-order valence-electron chi connectivity index (χ0n) is 41.5. The van der Waals surface area contributed by atoms with Gasteiger partial charge in [-0.15, -0.1) is 6.58 Å². The van der Waals surface area contributed by atoms with Crippen molar-refractivity contribution in [2.24, 2.45) is 22.9 Å². The third-order valence-electron chi connectivity index (χ3n) is 14.0. The third-order valence-corrected chi connectivity index (χ3v) is 14.0. The fourth-order valence-electron chi connectivity index (χ4n) is 10.6. The molecular weight excluding hydrogens is 965 g/mol. The van der Waals surface area contributed by atoms with Gasteiger partial charge in [-0.3, -0.25) is 25.1 Å². The number of hydrogen-bond acceptors (Lipinski definition) is 15. The van der Waals surface area contributed by atoms with Crippen LogP contribution in [0.15, 0.2) is 151 Å². The summed E-state index contributed by atoms with van der Waals surface area (Å²) < 4.78 is 32.8. The molecule has 0 unspecified atom stereocenters.